The molecule has 3 rings (SSSR count). The second-order valence-electron chi connectivity index (χ2n) is 4.56. The van der Waals surface area contributed by atoms with Gasteiger partial charge in [0.1, 0.15) is 0 Å². The Labute approximate surface area is 148 Å². The van der Waals surface area contributed by atoms with Crippen molar-refractivity contribution in [1.29, 1.82) is 0 Å². The Bertz CT molecular complexity index is 782. The first kappa shape index (κ1) is 15.0. The molecule has 2 nitrogen and oxygen atoms in total. The zero-order valence-electron chi connectivity index (χ0n) is 10.9. The van der Waals surface area contributed by atoms with Gasteiger partial charge >= 0.3 is 0 Å². The molecule has 0 saturated carbocycles. The smallest absolute Gasteiger partial charge is 0.0763 e. The predicted octanol–water partition coefficient (Wildman–Crippen LogP) is 6.13. The van der Waals surface area contributed by atoms with E-state index in [1.165, 1.54) is 0 Å². The van der Waals surface area contributed by atoms with Crippen LogP contribution in [0.25, 0.3) is 10.9 Å². The molecule has 0 spiro atoms. The van der Waals surface area contributed by atoms with E-state index in [4.69, 9.17) is 0 Å². The summed E-state index contributed by atoms with van der Waals surface area (Å²) in [6, 6.07) is 14.2. The molecule has 0 aliphatic carbocycles. The van der Waals surface area contributed by atoms with Crippen LogP contribution in [-0.2, 0) is 6.54 Å². The first-order valence-corrected chi connectivity index (χ1v) is 8.74. The average molecular weight is 471 g/mol. The minimum Gasteiger partial charge on any atom is -0.379 e. The Balaban J connectivity index is 1.94. The lowest BCUT2D eigenvalue weighted by atomic mass is 10.1. The maximum absolute atomic E-state index is 4.51. The van der Waals surface area contributed by atoms with Crippen molar-refractivity contribution >= 4 is 64.4 Å². The van der Waals surface area contributed by atoms with Crippen LogP contribution in [-0.4, -0.2) is 4.98 Å². The number of nitrogens with zero attached hydrogens (tertiary/aromatic N) is 1. The molecule has 106 valence electrons. The van der Waals surface area contributed by atoms with Gasteiger partial charge in [0.15, 0.2) is 0 Å². The van der Waals surface area contributed by atoms with Gasteiger partial charge in [0.2, 0.25) is 0 Å². The third kappa shape index (κ3) is 3.15. The van der Waals surface area contributed by atoms with Gasteiger partial charge in [-0.1, -0.05) is 34.1 Å². The molecule has 0 unspecified atom stereocenters. The molecule has 0 atom stereocenters. The Hall–Kier alpha value is -0.910. The van der Waals surface area contributed by atoms with Crippen molar-refractivity contribution < 1.29 is 0 Å². The van der Waals surface area contributed by atoms with E-state index >= 15 is 0 Å². The molecule has 0 amide bonds. The summed E-state index contributed by atoms with van der Waals surface area (Å²) in [6.07, 6.45) is 1.83. The molecule has 1 aromatic heterocycles. The van der Waals surface area contributed by atoms with Crippen molar-refractivity contribution in [1.82, 2.24) is 4.98 Å². The lowest BCUT2D eigenvalue weighted by molar-refractivity contribution is 1.14. The summed E-state index contributed by atoms with van der Waals surface area (Å²) < 4.78 is 3.13. The van der Waals surface area contributed by atoms with Gasteiger partial charge in [0.25, 0.3) is 0 Å². The fraction of sp³-hybridized carbons (Fsp3) is 0.0625. The molecule has 1 heterocycles. The van der Waals surface area contributed by atoms with Crippen molar-refractivity contribution in [3.8, 4) is 0 Å². The van der Waals surface area contributed by atoms with Crippen molar-refractivity contribution in [2.75, 3.05) is 5.32 Å². The number of hydrogen-bond donors (Lipinski definition) is 1. The molecule has 0 fully saturated rings. The Kier molecular flexibility index (Phi) is 4.62. The summed E-state index contributed by atoms with van der Waals surface area (Å²) in [5, 5.41) is 4.59. The molecule has 0 bridgehead atoms. The Morgan fingerprint density at radius 3 is 2.38 bits per heavy atom. The summed E-state index contributed by atoms with van der Waals surface area (Å²) in [5.41, 5.74) is 3.23. The summed E-state index contributed by atoms with van der Waals surface area (Å²) in [7, 11) is 0. The highest BCUT2D eigenvalue weighted by atomic mass is 79.9. The molecule has 0 aliphatic heterocycles. The zero-order chi connectivity index (χ0) is 14.8. The van der Waals surface area contributed by atoms with E-state index in [1.807, 2.05) is 30.5 Å². The maximum Gasteiger partial charge on any atom is 0.0763 e. The number of para-hydroxylation sites is 1. The zero-order valence-corrected chi connectivity index (χ0v) is 15.7. The quantitative estimate of drug-likeness (QED) is 0.497. The molecule has 2 aromatic carbocycles. The van der Waals surface area contributed by atoms with E-state index in [-0.39, 0.29) is 0 Å². The first-order valence-electron chi connectivity index (χ1n) is 6.37. The van der Waals surface area contributed by atoms with Crippen LogP contribution in [0.2, 0.25) is 0 Å². The minimum atomic E-state index is 0.710. The summed E-state index contributed by atoms with van der Waals surface area (Å²) in [4.78, 5) is 4.51. The van der Waals surface area contributed by atoms with Crippen LogP contribution in [0.1, 0.15) is 5.56 Å². The molecule has 1 N–H and O–H groups in total. The predicted molar refractivity (Wildman–Crippen MR) is 98.6 cm³/mol. The number of pyridine rings is 1. The van der Waals surface area contributed by atoms with E-state index in [0.717, 1.165) is 35.6 Å². The number of fused-ring (bicyclic) bond motifs is 1. The normalized spacial score (nSPS) is 10.8. The largest absolute Gasteiger partial charge is 0.379 e. The van der Waals surface area contributed by atoms with Gasteiger partial charge in [0, 0.05) is 31.5 Å². The average Bonchev–Trinajstić information content (AvgIpc) is 2.49. The van der Waals surface area contributed by atoms with Gasteiger partial charge in [-0.25, -0.2) is 0 Å². The Morgan fingerprint density at radius 1 is 0.857 bits per heavy atom. The van der Waals surface area contributed by atoms with E-state index in [9.17, 15) is 0 Å². The van der Waals surface area contributed by atoms with Crippen LogP contribution in [0.5, 0.6) is 0 Å². The fourth-order valence-corrected chi connectivity index (χ4v) is 3.92. The van der Waals surface area contributed by atoms with Crippen molar-refractivity contribution in [3.63, 3.8) is 0 Å². The SMILES string of the molecule is Brc1cccc(Br)c1NCc1ccc(Br)c2cccnc12. The first-order chi connectivity index (χ1) is 10.2. The van der Waals surface area contributed by atoms with Crippen LogP contribution in [0, 0.1) is 0 Å². The molecule has 0 saturated heterocycles. The van der Waals surface area contributed by atoms with Crippen molar-refractivity contribution in [3.05, 3.63) is 67.6 Å². The monoisotopic (exact) mass is 468 g/mol. The van der Waals surface area contributed by atoms with Gasteiger partial charge in [-0.3, -0.25) is 4.98 Å². The third-order valence-electron chi connectivity index (χ3n) is 3.22. The maximum atomic E-state index is 4.51. The fourth-order valence-electron chi connectivity index (χ4n) is 2.19. The van der Waals surface area contributed by atoms with E-state index in [0.29, 0.717) is 6.54 Å². The minimum absolute atomic E-state index is 0.710. The van der Waals surface area contributed by atoms with Crippen LogP contribution < -0.4 is 5.32 Å². The number of rotatable bonds is 3. The molecule has 3 aromatic rings. The van der Waals surface area contributed by atoms with E-state index in [1.54, 1.807) is 0 Å². The number of benzene rings is 2. The number of nitrogens with one attached hydrogen (secondary N) is 1. The number of aromatic nitrogens is 1. The highest BCUT2D eigenvalue weighted by Gasteiger charge is 2.08. The summed E-state index contributed by atoms with van der Waals surface area (Å²) >= 11 is 10.7. The van der Waals surface area contributed by atoms with Gasteiger partial charge in [-0.2, -0.15) is 0 Å². The number of halogens is 3. The van der Waals surface area contributed by atoms with Crippen molar-refractivity contribution in [2.45, 2.75) is 6.54 Å². The lowest BCUT2D eigenvalue weighted by Gasteiger charge is -2.12. The number of hydrogen-bond acceptors (Lipinski definition) is 2. The molecule has 0 radical (unpaired) electrons. The van der Waals surface area contributed by atoms with Crippen LogP contribution in [0.3, 0.4) is 0 Å². The molecular weight excluding hydrogens is 460 g/mol. The molecule has 21 heavy (non-hydrogen) atoms. The number of anilines is 1. The molecule has 0 aliphatic rings. The van der Waals surface area contributed by atoms with Gasteiger partial charge in [0.05, 0.1) is 11.2 Å². The van der Waals surface area contributed by atoms with E-state index < -0.39 is 0 Å². The second kappa shape index (κ2) is 6.46. The molecule has 5 heteroatoms. The van der Waals surface area contributed by atoms with Crippen LogP contribution >= 0.6 is 47.8 Å². The standard InChI is InChI=1S/C16H11Br3N2/c17-12-7-6-10(15-11(12)3-2-8-20-15)9-21-16-13(18)4-1-5-14(16)19/h1-8,21H,9H2. The third-order valence-corrected chi connectivity index (χ3v) is 5.23. The summed E-state index contributed by atoms with van der Waals surface area (Å²) in [5.74, 6) is 0. The van der Waals surface area contributed by atoms with E-state index in [2.05, 4.69) is 76.3 Å². The lowest BCUT2D eigenvalue weighted by Crippen LogP contribution is -2.02. The highest BCUT2D eigenvalue weighted by Crippen LogP contribution is 2.32. The van der Waals surface area contributed by atoms with Gasteiger partial charge in [-0.05, 0) is 61.7 Å². The summed E-state index contributed by atoms with van der Waals surface area (Å²) in [6.45, 7) is 0.710. The van der Waals surface area contributed by atoms with Crippen LogP contribution in [0.4, 0.5) is 5.69 Å². The van der Waals surface area contributed by atoms with Gasteiger partial charge < -0.3 is 5.32 Å². The highest BCUT2D eigenvalue weighted by molar-refractivity contribution is 9.11. The Morgan fingerprint density at radius 2 is 1.62 bits per heavy atom. The second-order valence-corrected chi connectivity index (χ2v) is 7.12. The molecular formula is C16H11Br3N2. The van der Waals surface area contributed by atoms with Gasteiger partial charge in [-0.15, -0.1) is 0 Å². The topological polar surface area (TPSA) is 24.9 Å². The van der Waals surface area contributed by atoms with Crippen LogP contribution in [0.15, 0.2) is 62.1 Å². The van der Waals surface area contributed by atoms with Crippen molar-refractivity contribution in [2.24, 2.45) is 0 Å².